The Morgan fingerprint density at radius 3 is 2.67 bits per heavy atom. The van der Waals surface area contributed by atoms with Crippen LogP contribution in [0.3, 0.4) is 0 Å². The molecule has 0 spiro atoms. The monoisotopic (exact) mass is 666 g/mol. The molecule has 3 aromatic rings. The Kier molecular flexibility index (Phi) is 8.74. The molecule has 0 unspecified atom stereocenters. The van der Waals surface area contributed by atoms with E-state index < -0.39 is 11.8 Å². The molecule has 0 radical (unpaired) electrons. The molecule has 2 amide bonds. The van der Waals surface area contributed by atoms with E-state index in [0.29, 0.717) is 33.0 Å². The second-order valence-electron chi connectivity index (χ2n) is 7.39. The van der Waals surface area contributed by atoms with Crippen LogP contribution in [0.25, 0.3) is 6.08 Å². The first kappa shape index (κ1) is 26.7. The van der Waals surface area contributed by atoms with E-state index in [1.54, 1.807) is 43.5 Å². The molecule has 1 aliphatic heterocycles. The third kappa shape index (κ3) is 6.12. The number of methoxy groups -OCH3 is 1. The number of nitrogens with one attached hydrogen (secondary N) is 1. The van der Waals surface area contributed by atoms with Crippen molar-refractivity contribution in [3.63, 3.8) is 0 Å². The molecule has 0 atom stereocenters. The molecule has 1 N–H and O–H groups in total. The number of thioether (sulfide) groups is 1. The van der Waals surface area contributed by atoms with Crippen molar-refractivity contribution in [1.29, 1.82) is 0 Å². The van der Waals surface area contributed by atoms with E-state index in [2.05, 4.69) is 37.3 Å². The fourth-order valence-corrected chi connectivity index (χ4v) is 5.69. The minimum absolute atomic E-state index is 0.201. The summed E-state index contributed by atoms with van der Waals surface area (Å²) in [5.74, 6) is 0.0484. The summed E-state index contributed by atoms with van der Waals surface area (Å²) in [6, 6.07) is 17.9. The van der Waals surface area contributed by atoms with Crippen molar-refractivity contribution in [3.8, 4) is 11.5 Å². The van der Waals surface area contributed by atoms with Crippen molar-refractivity contribution in [3.05, 3.63) is 96.2 Å². The smallest absolute Gasteiger partial charge is 0.285 e. The minimum atomic E-state index is -0.533. The van der Waals surface area contributed by atoms with Gasteiger partial charge in [0.2, 0.25) is 0 Å². The van der Waals surface area contributed by atoms with Crippen molar-refractivity contribution in [1.82, 2.24) is 10.4 Å². The summed E-state index contributed by atoms with van der Waals surface area (Å²) in [6.45, 7) is 0.345. The lowest BCUT2D eigenvalue weighted by molar-refractivity contribution is -0.123. The van der Waals surface area contributed by atoms with Crippen molar-refractivity contribution in [2.24, 2.45) is 0 Å². The highest BCUT2D eigenvalue weighted by Crippen LogP contribution is 2.39. The van der Waals surface area contributed by atoms with Gasteiger partial charge in [-0.25, -0.2) is 0 Å². The molecule has 36 heavy (non-hydrogen) atoms. The van der Waals surface area contributed by atoms with E-state index in [1.165, 1.54) is 0 Å². The number of benzene rings is 3. The molecular formula is C25H17Br2ClN2O4S2. The molecule has 1 saturated heterocycles. The van der Waals surface area contributed by atoms with Crippen LogP contribution in [0, 0.1) is 0 Å². The van der Waals surface area contributed by atoms with Crippen LogP contribution >= 0.6 is 67.4 Å². The van der Waals surface area contributed by atoms with Crippen molar-refractivity contribution >= 4 is 89.7 Å². The number of nitrogens with zero attached hydrogens (tertiary/aromatic N) is 1. The van der Waals surface area contributed by atoms with Gasteiger partial charge >= 0.3 is 0 Å². The molecule has 1 fully saturated rings. The quantitative estimate of drug-likeness (QED) is 0.216. The lowest BCUT2D eigenvalue weighted by Crippen LogP contribution is -2.44. The third-order valence-electron chi connectivity index (χ3n) is 4.95. The standard InChI is InChI=1S/C25H17Br2ClN2O4S2/c1-33-20-11-15(10-18(27)22(20)34-13-14-5-4-6-16(26)9-14)12-21-24(32)30(25(35)36-21)29-23(31)17-7-2-3-8-19(17)28/h2-12H,13H2,1H3,(H,29,31)/b21-12+. The number of hydrogen-bond donors (Lipinski definition) is 1. The molecule has 4 rings (SSSR count). The maximum absolute atomic E-state index is 13.0. The van der Waals surface area contributed by atoms with Gasteiger partial charge in [0.25, 0.3) is 11.8 Å². The van der Waals surface area contributed by atoms with Gasteiger partial charge in [-0.1, -0.05) is 63.6 Å². The topological polar surface area (TPSA) is 67.9 Å². The van der Waals surface area contributed by atoms with Gasteiger partial charge in [-0.15, -0.1) is 0 Å². The van der Waals surface area contributed by atoms with Gasteiger partial charge in [0.1, 0.15) is 6.61 Å². The van der Waals surface area contributed by atoms with Crippen LogP contribution in [0.1, 0.15) is 21.5 Å². The predicted octanol–water partition coefficient (Wildman–Crippen LogP) is 7.00. The van der Waals surface area contributed by atoms with Gasteiger partial charge in [0.05, 0.1) is 27.1 Å². The highest BCUT2D eigenvalue weighted by atomic mass is 79.9. The second kappa shape index (κ2) is 11.8. The fraction of sp³-hybridized carbons (Fsp3) is 0.0800. The number of ether oxygens (including phenoxy) is 2. The van der Waals surface area contributed by atoms with Gasteiger partial charge in [0.15, 0.2) is 15.8 Å². The number of carbonyl (C=O) groups excluding carboxylic acids is 2. The Morgan fingerprint density at radius 2 is 1.94 bits per heavy atom. The Morgan fingerprint density at radius 1 is 1.17 bits per heavy atom. The van der Waals surface area contributed by atoms with Crippen molar-refractivity contribution in [2.75, 3.05) is 7.11 Å². The Labute approximate surface area is 239 Å². The van der Waals surface area contributed by atoms with Crippen LogP contribution in [-0.2, 0) is 11.4 Å². The van der Waals surface area contributed by atoms with Crippen LogP contribution in [0.5, 0.6) is 11.5 Å². The molecule has 6 nitrogen and oxygen atoms in total. The molecule has 3 aromatic carbocycles. The number of halogens is 3. The van der Waals surface area contributed by atoms with Gasteiger partial charge in [-0.05, 0) is 81.7 Å². The van der Waals surface area contributed by atoms with Gasteiger partial charge in [-0.2, -0.15) is 5.01 Å². The summed E-state index contributed by atoms with van der Waals surface area (Å²) in [5.41, 5.74) is 4.45. The first-order chi connectivity index (χ1) is 17.3. The molecule has 1 aliphatic rings. The zero-order valence-electron chi connectivity index (χ0n) is 18.6. The Balaban J connectivity index is 1.52. The second-order valence-corrected chi connectivity index (χ2v) is 11.2. The summed E-state index contributed by atoms with van der Waals surface area (Å²) in [5, 5.41) is 1.31. The zero-order chi connectivity index (χ0) is 25.8. The number of hydrogen-bond acceptors (Lipinski definition) is 6. The van der Waals surface area contributed by atoms with Crippen LogP contribution < -0.4 is 14.9 Å². The molecule has 184 valence electrons. The SMILES string of the molecule is COc1cc(/C=C2/SC(=S)N(NC(=O)c3ccccc3Cl)C2=O)cc(Br)c1OCc1cccc(Br)c1. The molecule has 0 aromatic heterocycles. The fourth-order valence-electron chi connectivity index (χ4n) is 3.27. The van der Waals surface area contributed by atoms with Crippen LogP contribution in [0.15, 0.2) is 74.5 Å². The molecule has 1 heterocycles. The lowest BCUT2D eigenvalue weighted by atomic mass is 10.1. The van der Waals surface area contributed by atoms with E-state index in [1.807, 2.05) is 30.3 Å². The first-order valence-electron chi connectivity index (χ1n) is 10.3. The average molecular weight is 669 g/mol. The number of hydrazine groups is 1. The maximum atomic E-state index is 13.0. The maximum Gasteiger partial charge on any atom is 0.285 e. The third-order valence-corrected chi connectivity index (χ3v) is 7.66. The van der Waals surface area contributed by atoms with E-state index in [0.717, 1.165) is 26.8 Å². The van der Waals surface area contributed by atoms with Gasteiger partial charge in [-0.3, -0.25) is 15.0 Å². The minimum Gasteiger partial charge on any atom is -0.493 e. The van der Waals surface area contributed by atoms with Gasteiger partial charge in [0, 0.05) is 4.47 Å². The highest BCUT2D eigenvalue weighted by Gasteiger charge is 2.34. The first-order valence-corrected chi connectivity index (χ1v) is 13.5. The molecular weight excluding hydrogens is 652 g/mol. The van der Waals surface area contributed by atoms with Crippen LogP contribution in [0.4, 0.5) is 0 Å². The summed E-state index contributed by atoms with van der Waals surface area (Å²) in [6.07, 6.45) is 1.67. The van der Waals surface area contributed by atoms with E-state index in [9.17, 15) is 9.59 Å². The Bertz CT molecular complexity index is 1400. The van der Waals surface area contributed by atoms with Crippen LogP contribution in [-0.4, -0.2) is 28.3 Å². The number of rotatable bonds is 7. The predicted molar refractivity (Wildman–Crippen MR) is 153 cm³/mol. The number of thiocarbonyl (C=S) groups is 1. The number of amides is 2. The zero-order valence-corrected chi connectivity index (χ0v) is 24.1. The van der Waals surface area contributed by atoms with E-state index in [-0.39, 0.29) is 14.9 Å². The highest BCUT2D eigenvalue weighted by molar-refractivity contribution is 9.10. The van der Waals surface area contributed by atoms with Crippen molar-refractivity contribution in [2.45, 2.75) is 6.61 Å². The summed E-state index contributed by atoms with van der Waals surface area (Å²) < 4.78 is 13.4. The van der Waals surface area contributed by atoms with E-state index >= 15 is 0 Å². The van der Waals surface area contributed by atoms with Crippen molar-refractivity contribution < 1.29 is 19.1 Å². The molecule has 11 heteroatoms. The molecule has 0 bridgehead atoms. The average Bonchev–Trinajstić information content (AvgIpc) is 3.10. The van der Waals surface area contributed by atoms with Gasteiger partial charge < -0.3 is 9.47 Å². The normalized spacial score (nSPS) is 14.3. The molecule has 0 aliphatic carbocycles. The summed E-state index contributed by atoms with van der Waals surface area (Å²) in [4.78, 5) is 25.9. The van der Waals surface area contributed by atoms with Crippen LogP contribution in [0.2, 0.25) is 5.02 Å². The lowest BCUT2D eigenvalue weighted by Gasteiger charge is -2.16. The number of carbonyl (C=O) groups is 2. The largest absolute Gasteiger partial charge is 0.493 e. The molecule has 0 saturated carbocycles. The van der Waals surface area contributed by atoms with E-state index in [4.69, 9.17) is 33.3 Å². The summed E-state index contributed by atoms with van der Waals surface area (Å²) in [7, 11) is 1.54. The summed E-state index contributed by atoms with van der Waals surface area (Å²) >= 11 is 19.5. The Hall–Kier alpha value is -2.37.